The van der Waals surface area contributed by atoms with Crippen LogP contribution in [0.1, 0.15) is 25.0 Å². The van der Waals surface area contributed by atoms with Crippen LogP contribution < -0.4 is 24.4 Å². The van der Waals surface area contributed by atoms with Crippen LogP contribution in [0.3, 0.4) is 0 Å². The van der Waals surface area contributed by atoms with Gasteiger partial charge >= 0.3 is 0 Å². The molecule has 1 heterocycles. The van der Waals surface area contributed by atoms with Gasteiger partial charge in [0.1, 0.15) is 12.4 Å². The molecule has 0 saturated heterocycles. The zero-order chi connectivity index (χ0) is 26.2. The molecule has 0 spiro atoms. The molecule has 4 rings (SSSR count). The minimum atomic E-state index is -0.453. The Morgan fingerprint density at radius 2 is 1.73 bits per heavy atom. The Hall–Kier alpha value is -4.33. The van der Waals surface area contributed by atoms with Gasteiger partial charge in [-0.15, -0.1) is 0 Å². The van der Waals surface area contributed by atoms with E-state index in [2.05, 4.69) is 5.32 Å². The third kappa shape index (κ3) is 6.46. The summed E-state index contributed by atoms with van der Waals surface area (Å²) in [5.74, 6) is 0.738. The van der Waals surface area contributed by atoms with Crippen molar-refractivity contribution in [2.24, 2.45) is 0 Å². The molecule has 37 heavy (non-hydrogen) atoms. The lowest BCUT2D eigenvalue weighted by atomic mass is 10.1. The molecule has 0 saturated carbocycles. The summed E-state index contributed by atoms with van der Waals surface area (Å²) in [5, 5.41) is 2.88. The first kappa shape index (κ1) is 25.8. The van der Waals surface area contributed by atoms with E-state index in [1.54, 1.807) is 36.4 Å². The molecule has 0 aliphatic carbocycles. The first-order valence-corrected chi connectivity index (χ1v) is 12.2. The minimum absolute atomic E-state index is 0.0518. The van der Waals surface area contributed by atoms with Gasteiger partial charge in [0.05, 0.1) is 18.9 Å². The quantitative estimate of drug-likeness (QED) is 0.404. The molecular formula is C29H29FN2O5. The van der Waals surface area contributed by atoms with Gasteiger partial charge in [-0.2, -0.15) is 0 Å². The summed E-state index contributed by atoms with van der Waals surface area (Å²) < 4.78 is 30.4. The maximum absolute atomic E-state index is 13.3. The monoisotopic (exact) mass is 504 g/mol. The van der Waals surface area contributed by atoms with Crippen molar-refractivity contribution < 1.29 is 28.2 Å². The Labute approximate surface area is 215 Å². The van der Waals surface area contributed by atoms with Gasteiger partial charge in [-0.25, -0.2) is 4.39 Å². The molecule has 0 aromatic heterocycles. The number of carbonyl (C=O) groups excluding carboxylic acids is 2. The molecule has 8 heteroatoms. The average molecular weight is 505 g/mol. The summed E-state index contributed by atoms with van der Waals surface area (Å²) >= 11 is 0. The Bertz CT molecular complexity index is 1290. The molecular weight excluding hydrogens is 475 g/mol. The van der Waals surface area contributed by atoms with Gasteiger partial charge in [-0.3, -0.25) is 14.5 Å². The third-order valence-corrected chi connectivity index (χ3v) is 5.65. The summed E-state index contributed by atoms with van der Waals surface area (Å²) in [4.78, 5) is 27.4. The predicted octanol–water partition coefficient (Wildman–Crippen LogP) is 4.75. The van der Waals surface area contributed by atoms with E-state index < -0.39 is 5.91 Å². The fraction of sp³-hybridized carbons (Fsp3) is 0.241. The SMILES string of the molecule is CCOc1ccc(CCNC(=O)CN2C(=O)/C(=C\c3ccc(F)cc3)Oc3ccccc32)cc1OCC. The molecule has 2 amide bonds. The number of hydrogen-bond donors (Lipinski definition) is 1. The molecule has 1 aliphatic heterocycles. The molecule has 0 bridgehead atoms. The lowest BCUT2D eigenvalue weighted by Crippen LogP contribution is -2.44. The van der Waals surface area contributed by atoms with Gasteiger partial charge in [0.25, 0.3) is 5.91 Å². The minimum Gasteiger partial charge on any atom is -0.490 e. The van der Waals surface area contributed by atoms with Gasteiger partial charge in [0.2, 0.25) is 5.91 Å². The average Bonchev–Trinajstić information content (AvgIpc) is 2.89. The number of nitrogens with one attached hydrogen (secondary N) is 1. The predicted molar refractivity (Wildman–Crippen MR) is 139 cm³/mol. The van der Waals surface area contributed by atoms with Crippen LogP contribution in [0.2, 0.25) is 0 Å². The topological polar surface area (TPSA) is 77.1 Å². The second kappa shape index (κ2) is 12.1. The number of ether oxygens (including phenoxy) is 3. The van der Waals surface area contributed by atoms with Gasteiger partial charge in [0.15, 0.2) is 23.0 Å². The second-order valence-electron chi connectivity index (χ2n) is 8.27. The molecule has 0 radical (unpaired) electrons. The van der Waals surface area contributed by atoms with Crippen molar-refractivity contribution in [3.63, 3.8) is 0 Å². The van der Waals surface area contributed by atoms with Gasteiger partial charge in [0, 0.05) is 6.54 Å². The lowest BCUT2D eigenvalue weighted by molar-refractivity contribution is -0.123. The number of amides is 2. The number of rotatable bonds is 10. The highest BCUT2D eigenvalue weighted by Gasteiger charge is 2.31. The number of para-hydroxylation sites is 2. The number of halogens is 1. The zero-order valence-corrected chi connectivity index (χ0v) is 20.8. The van der Waals surface area contributed by atoms with Crippen molar-refractivity contribution in [3.05, 3.63) is 89.4 Å². The Kier molecular flexibility index (Phi) is 8.40. The van der Waals surface area contributed by atoms with E-state index in [-0.39, 0.29) is 24.0 Å². The molecule has 3 aromatic carbocycles. The first-order valence-electron chi connectivity index (χ1n) is 12.2. The highest BCUT2D eigenvalue weighted by molar-refractivity contribution is 6.12. The highest BCUT2D eigenvalue weighted by atomic mass is 19.1. The second-order valence-corrected chi connectivity index (χ2v) is 8.27. The number of fused-ring (bicyclic) bond motifs is 1. The maximum Gasteiger partial charge on any atom is 0.294 e. The number of anilines is 1. The number of benzene rings is 3. The lowest BCUT2D eigenvalue weighted by Gasteiger charge is -2.30. The van der Waals surface area contributed by atoms with Crippen LogP contribution in [0.5, 0.6) is 17.2 Å². The van der Waals surface area contributed by atoms with E-state index in [0.717, 1.165) is 5.56 Å². The van der Waals surface area contributed by atoms with E-state index >= 15 is 0 Å². The standard InChI is InChI=1S/C29H29FN2O5/c1-3-35-25-14-11-21(17-26(25)36-4-2)15-16-31-28(33)19-32-23-7-5-6-8-24(23)37-27(29(32)34)18-20-9-12-22(30)13-10-20/h5-14,17-18H,3-4,15-16,19H2,1-2H3,(H,31,33)/b27-18+. The van der Waals surface area contributed by atoms with Crippen molar-refractivity contribution in [1.82, 2.24) is 5.32 Å². The zero-order valence-electron chi connectivity index (χ0n) is 20.8. The van der Waals surface area contributed by atoms with E-state index in [0.29, 0.717) is 54.7 Å². The molecule has 192 valence electrons. The van der Waals surface area contributed by atoms with Crippen LogP contribution in [0.15, 0.2) is 72.5 Å². The molecule has 7 nitrogen and oxygen atoms in total. The van der Waals surface area contributed by atoms with Gasteiger partial charge < -0.3 is 19.5 Å². The van der Waals surface area contributed by atoms with Crippen molar-refractivity contribution in [1.29, 1.82) is 0 Å². The van der Waals surface area contributed by atoms with E-state index in [4.69, 9.17) is 14.2 Å². The molecule has 0 fully saturated rings. The molecule has 3 aromatic rings. The summed E-state index contributed by atoms with van der Waals surface area (Å²) in [6.07, 6.45) is 2.12. The Morgan fingerprint density at radius 3 is 2.49 bits per heavy atom. The van der Waals surface area contributed by atoms with Crippen LogP contribution in [0.4, 0.5) is 10.1 Å². The van der Waals surface area contributed by atoms with Crippen molar-refractivity contribution in [2.75, 3.05) is 31.2 Å². The van der Waals surface area contributed by atoms with Crippen LogP contribution >= 0.6 is 0 Å². The normalized spacial score (nSPS) is 13.6. The van der Waals surface area contributed by atoms with Crippen LogP contribution in [-0.4, -0.2) is 38.1 Å². The van der Waals surface area contributed by atoms with E-state index in [1.807, 2.05) is 32.0 Å². The summed E-state index contributed by atoms with van der Waals surface area (Å²) in [7, 11) is 0. The fourth-order valence-electron chi connectivity index (χ4n) is 3.93. The number of hydrogen-bond acceptors (Lipinski definition) is 5. The van der Waals surface area contributed by atoms with Crippen LogP contribution in [-0.2, 0) is 16.0 Å². The van der Waals surface area contributed by atoms with Gasteiger partial charge in [-0.1, -0.05) is 30.3 Å². The van der Waals surface area contributed by atoms with Gasteiger partial charge in [-0.05, 0) is 73.9 Å². The largest absolute Gasteiger partial charge is 0.490 e. The summed E-state index contributed by atoms with van der Waals surface area (Å²) in [6, 6.07) is 18.4. The van der Waals surface area contributed by atoms with Crippen LogP contribution in [0, 0.1) is 5.82 Å². The van der Waals surface area contributed by atoms with E-state index in [9.17, 15) is 14.0 Å². The Morgan fingerprint density at radius 1 is 1.00 bits per heavy atom. The molecule has 1 aliphatic rings. The third-order valence-electron chi connectivity index (χ3n) is 5.65. The molecule has 1 N–H and O–H groups in total. The van der Waals surface area contributed by atoms with Crippen molar-refractivity contribution >= 4 is 23.6 Å². The Balaban J connectivity index is 1.43. The number of carbonyl (C=O) groups is 2. The summed E-state index contributed by atoms with van der Waals surface area (Å²) in [5.41, 5.74) is 2.10. The van der Waals surface area contributed by atoms with E-state index in [1.165, 1.54) is 23.1 Å². The fourth-order valence-corrected chi connectivity index (χ4v) is 3.93. The molecule has 0 atom stereocenters. The van der Waals surface area contributed by atoms with Crippen LogP contribution in [0.25, 0.3) is 6.08 Å². The maximum atomic E-state index is 13.3. The first-order chi connectivity index (χ1) is 18.0. The number of nitrogens with zero attached hydrogens (tertiary/aromatic N) is 1. The summed E-state index contributed by atoms with van der Waals surface area (Å²) in [6.45, 7) is 5.10. The van der Waals surface area contributed by atoms with Crippen molar-refractivity contribution in [2.45, 2.75) is 20.3 Å². The smallest absolute Gasteiger partial charge is 0.294 e. The van der Waals surface area contributed by atoms with Crippen molar-refractivity contribution in [3.8, 4) is 17.2 Å². The molecule has 0 unspecified atom stereocenters. The highest BCUT2D eigenvalue weighted by Crippen LogP contribution is 2.35.